The largest absolute Gasteiger partial charge is 0.478 e. The molecule has 0 radical (unpaired) electrons. The number of para-hydroxylation sites is 1. The smallest absolute Gasteiger partial charge is 0.335 e. The molecule has 0 bridgehead atoms. The molecule has 0 aliphatic carbocycles. The molecule has 6 heteroatoms. The first-order valence-electron chi connectivity index (χ1n) is 7.95. The van der Waals surface area contributed by atoms with E-state index in [1.165, 1.54) is 12.1 Å². The highest BCUT2D eigenvalue weighted by molar-refractivity contribution is 5.94. The third-order valence-electron chi connectivity index (χ3n) is 3.64. The van der Waals surface area contributed by atoms with Gasteiger partial charge >= 0.3 is 11.9 Å². The summed E-state index contributed by atoms with van der Waals surface area (Å²) in [6.45, 7) is 2.15. The van der Waals surface area contributed by atoms with Crippen molar-refractivity contribution in [1.82, 2.24) is 0 Å². The van der Waals surface area contributed by atoms with Gasteiger partial charge in [0.05, 0.1) is 17.7 Å². The Bertz CT molecular complexity index is 810. The number of carboxylic acid groups (broad SMARTS) is 2. The Labute approximate surface area is 151 Å². The molecule has 0 saturated carbocycles. The number of Topliss-reactive ketones (excluding diaryl/α,β-unsaturated/α-hetero) is 1. The van der Waals surface area contributed by atoms with Crippen molar-refractivity contribution >= 4 is 23.4 Å². The maximum atomic E-state index is 11.2. The fraction of sp³-hybridized carbons (Fsp3) is 0.150. The number of benzene rings is 2. The van der Waals surface area contributed by atoms with Crippen LogP contribution in [0.25, 0.3) is 0 Å². The van der Waals surface area contributed by atoms with Crippen molar-refractivity contribution in [3.63, 3.8) is 0 Å². The summed E-state index contributed by atoms with van der Waals surface area (Å²) in [7, 11) is 0. The van der Waals surface area contributed by atoms with E-state index >= 15 is 0 Å². The number of ketones is 1. The Kier molecular flexibility index (Phi) is 6.27. The van der Waals surface area contributed by atoms with Crippen molar-refractivity contribution < 1.29 is 24.6 Å². The van der Waals surface area contributed by atoms with Crippen LogP contribution in [0, 0.1) is 6.92 Å². The second-order valence-corrected chi connectivity index (χ2v) is 5.79. The summed E-state index contributed by atoms with van der Waals surface area (Å²) in [5.41, 5.74) is 1.69. The number of anilines is 1. The van der Waals surface area contributed by atoms with Gasteiger partial charge in [0, 0.05) is 18.3 Å². The SMILES string of the molecule is Cc1cc(C(=O)O)cc(C(=O)O)c1.O=C1CC=CN(c2ccccc2)C1. The third kappa shape index (κ3) is 5.31. The van der Waals surface area contributed by atoms with E-state index in [2.05, 4.69) is 0 Å². The Balaban J connectivity index is 0.000000187. The van der Waals surface area contributed by atoms with Crippen molar-refractivity contribution in [3.05, 3.63) is 77.5 Å². The highest BCUT2D eigenvalue weighted by atomic mass is 16.4. The van der Waals surface area contributed by atoms with Gasteiger partial charge in [0.1, 0.15) is 0 Å². The Morgan fingerprint density at radius 2 is 1.54 bits per heavy atom. The zero-order chi connectivity index (χ0) is 19.1. The molecule has 3 rings (SSSR count). The first-order valence-corrected chi connectivity index (χ1v) is 7.95. The lowest BCUT2D eigenvalue weighted by Gasteiger charge is -2.22. The van der Waals surface area contributed by atoms with Crippen LogP contribution < -0.4 is 4.90 Å². The number of nitrogens with zero attached hydrogens (tertiary/aromatic N) is 1. The molecule has 0 atom stereocenters. The summed E-state index contributed by atoms with van der Waals surface area (Å²) in [5.74, 6) is -1.97. The zero-order valence-corrected chi connectivity index (χ0v) is 14.3. The van der Waals surface area contributed by atoms with E-state index in [0.717, 1.165) is 11.8 Å². The van der Waals surface area contributed by atoms with Gasteiger partial charge in [0.25, 0.3) is 0 Å². The van der Waals surface area contributed by atoms with Gasteiger partial charge in [-0.05, 0) is 42.8 Å². The minimum Gasteiger partial charge on any atom is -0.478 e. The van der Waals surface area contributed by atoms with Crippen LogP contribution in [0.4, 0.5) is 5.69 Å². The molecular weight excluding hydrogens is 334 g/mol. The fourth-order valence-electron chi connectivity index (χ4n) is 2.45. The van der Waals surface area contributed by atoms with E-state index in [-0.39, 0.29) is 16.9 Å². The van der Waals surface area contributed by atoms with E-state index < -0.39 is 11.9 Å². The van der Waals surface area contributed by atoms with Crippen molar-refractivity contribution in [2.24, 2.45) is 0 Å². The Morgan fingerprint density at radius 1 is 0.962 bits per heavy atom. The first kappa shape index (κ1) is 18.9. The van der Waals surface area contributed by atoms with E-state index in [4.69, 9.17) is 10.2 Å². The second kappa shape index (κ2) is 8.62. The van der Waals surface area contributed by atoms with Gasteiger partial charge < -0.3 is 15.1 Å². The molecular formula is C20H19NO5. The van der Waals surface area contributed by atoms with Crippen molar-refractivity contribution in [3.8, 4) is 0 Å². The van der Waals surface area contributed by atoms with Crippen molar-refractivity contribution in [2.75, 3.05) is 11.4 Å². The summed E-state index contributed by atoms with van der Waals surface area (Å²) in [5, 5.41) is 17.2. The molecule has 2 N–H and O–H groups in total. The van der Waals surface area contributed by atoms with Crippen LogP contribution in [0.3, 0.4) is 0 Å². The monoisotopic (exact) mass is 353 g/mol. The van der Waals surface area contributed by atoms with E-state index in [0.29, 0.717) is 18.5 Å². The predicted molar refractivity (Wildman–Crippen MR) is 97.6 cm³/mol. The van der Waals surface area contributed by atoms with Crippen LogP contribution in [-0.4, -0.2) is 34.5 Å². The quantitative estimate of drug-likeness (QED) is 0.878. The minimum atomic E-state index is -1.12. The maximum Gasteiger partial charge on any atom is 0.335 e. The molecule has 1 heterocycles. The predicted octanol–water partition coefficient (Wildman–Crippen LogP) is 3.37. The number of aromatic carboxylic acids is 2. The Morgan fingerprint density at radius 3 is 2.04 bits per heavy atom. The topological polar surface area (TPSA) is 94.9 Å². The lowest BCUT2D eigenvalue weighted by molar-refractivity contribution is -0.117. The first-order chi connectivity index (χ1) is 12.4. The maximum absolute atomic E-state index is 11.2. The molecule has 0 aromatic heterocycles. The normalized spacial score (nSPS) is 13.0. The lowest BCUT2D eigenvalue weighted by atomic mass is 10.1. The van der Waals surface area contributed by atoms with Crippen LogP contribution in [0.1, 0.15) is 32.7 Å². The van der Waals surface area contributed by atoms with Crippen molar-refractivity contribution in [2.45, 2.75) is 13.3 Å². The lowest BCUT2D eigenvalue weighted by Crippen LogP contribution is -2.27. The number of hydrogen-bond acceptors (Lipinski definition) is 4. The highest BCUT2D eigenvalue weighted by Gasteiger charge is 2.11. The van der Waals surface area contributed by atoms with E-state index in [1.54, 1.807) is 6.92 Å². The van der Waals surface area contributed by atoms with Gasteiger partial charge in [-0.1, -0.05) is 24.3 Å². The number of hydrogen-bond donors (Lipinski definition) is 2. The van der Waals surface area contributed by atoms with Gasteiger partial charge in [0.2, 0.25) is 0 Å². The highest BCUT2D eigenvalue weighted by Crippen LogP contribution is 2.16. The van der Waals surface area contributed by atoms with Crippen LogP contribution in [0.2, 0.25) is 0 Å². The van der Waals surface area contributed by atoms with Gasteiger partial charge in [-0.15, -0.1) is 0 Å². The van der Waals surface area contributed by atoms with E-state index in [9.17, 15) is 14.4 Å². The average molecular weight is 353 g/mol. The Hall–Kier alpha value is -3.41. The van der Waals surface area contributed by atoms with Crippen LogP contribution in [-0.2, 0) is 4.79 Å². The standard InChI is InChI=1S/C11H11NO.C9H8O4/c13-11-7-4-8-12(9-11)10-5-2-1-3-6-10;1-5-2-6(8(10)11)4-7(3-5)9(12)13/h1-6,8H,7,9H2;2-4H,1H3,(H,10,11)(H,12,13). The minimum absolute atomic E-state index is 0.00241. The third-order valence-corrected chi connectivity index (χ3v) is 3.64. The molecule has 0 spiro atoms. The molecule has 6 nitrogen and oxygen atoms in total. The number of rotatable bonds is 3. The van der Waals surface area contributed by atoms with E-state index in [1.807, 2.05) is 47.5 Å². The van der Waals surface area contributed by atoms with Gasteiger partial charge in [-0.3, -0.25) is 4.79 Å². The summed E-state index contributed by atoms with van der Waals surface area (Å²) in [4.78, 5) is 34.2. The number of aryl methyl sites for hydroxylation is 1. The number of carboxylic acids is 2. The summed E-state index contributed by atoms with van der Waals surface area (Å²) in [6, 6.07) is 13.9. The summed E-state index contributed by atoms with van der Waals surface area (Å²) >= 11 is 0. The van der Waals surface area contributed by atoms with Gasteiger partial charge in [-0.25, -0.2) is 9.59 Å². The molecule has 134 valence electrons. The number of carbonyl (C=O) groups is 3. The fourth-order valence-corrected chi connectivity index (χ4v) is 2.45. The van der Waals surface area contributed by atoms with Gasteiger partial charge in [0.15, 0.2) is 5.78 Å². The van der Waals surface area contributed by atoms with Crippen LogP contribution >= 0.6 is 0 Å². The number of allylic oxidation sites excluding steroid dienone is 1. The average Bonchev–Trinajstić information content (AvgIpc) is 2.62. The molecule has 1 aliphatic rings. The number of carbonyl (C=O) groups excluding carboxylic acids is 1. The van der Waals surface area contributed by atoms with Crippen LogP contribution in [0.15, 0.2) is 60.8 Å². The molecule has 0 amide bonds. The molecule has 26 heavy (non-hydrogen) atoms. The zero-order valence-electron chi connectivity index (χ0n) is 14.3. The second-order valence-electron chi connectivity index (χ2n) is 5.79. The summed E-state index contributed by atoms with van der Waals surface area (Å²) < 4.78 is 0. The molecule has 0 unspecified atom stereocenters. The molecule has 0 fully saturated rings. The van der Waals surface area contributed by atoms with Crippen LogP contribution in [0.5, 0.6) is 0 Å². The molecule has 2 aromatic rings. The summed E-state index contributed by atoms with van der Waals surface area (Å²) in [6.07, 6.45) is 4.44. The molecule has 0 saturated heterocycles. The van der Waals surface area contributed by atoms with Gasteiger partial charge in [-0.2, -0.15) is 0 Å². The van der Waals surface area contributed by atoms with Crippen molar-refractivity contribution in [1.29, 1.82) is 0 Å². The molecule has 1 aliphatic heterocycles. The molecule has 2 aromatic carbocycles.